The highest BCUT2D eigenvalue weighted by atomic mass is 16.5. The van der Waals surface area contributed by atoms with Gasteiger partial charge < -0.3 is 10.1 Å². The van der Waals surface area contributed by atoms with Crippen LogP contribution in [0.3, 0.4) is 0 Å². The molecule has 0 spiro atoms. The van der Waals surface area contributed by atoms with Crippen LogP contribution < -0.4 is 10.1 Å². The third-order valence-corrected chi connectivity index (χ3v) is 4.06. The number of para-hydroxylation sites is 1. The van der Waals surface area contributed by atoms with Crippen molar-refractivity contribution in [2.75, 3.05) is 5.32 Å². The lowest BCUT2D eigenvalue weighted by molar-refractivity contribution is -0.141. The fourth-order valence-electron chi connectivity index (χ4n) is 2.90. The summed E-state index contributed by atoms with van der Waals surface area (Å²) in [5.74, 6) is 0.532. The van der Waals surface area contributed by atoms with Gasteiger partial charge in [-0.25, -0.2) is 19.7 Å². The molecule has 1 aliphatic heterocycles. The Bertz CT molecular complexity index is 870. The van der Waals surface area contributed by atoms with Crippen LogP contribution in [-0.2, 0) is 16.8 Å². The SMILES string of the molecule is O=C1Oc2ccccc2CC1(Nc1ncncn1)c1ccccc1. The number of esters is 1. The summed E-state index contributed by atoms with van der Waals surface area (Å²) in [6.45, 7) is 0. The van der Waals surface area contributed by atoms with Crippen molar-refractivity contribution < 1.29 is 9.53 Å². The van der Waals surface area contributed by atoms with E-state index in [9.17, 15) is 4.79 Å². The van der Waals surface area contributed by atoms with Crippen LogP contribution in [0.15, 0.2) is 67.3 Å². The number of carbonyl (C=O) groups is 1. The van der Waals surface area contributed by atoms with Crippen molar-refractivity contribution in [1.82, 2.24) is 15.0 Å². The Morgan fingerprint density at radius 2 is 1.67 bits per heavy atom. The zero-order chi connectivity index (χ0) is 16.4. The average molecular weight is 318 g/mol. The van der Waals surface area contributed by atoms with Crippen LogP contribution in [0.1, 0.15) is 11.1 Å². The minimum absolute atomic E-state index is 0.324. The largest absolute Gasteiger partial charge is 0.424 e. The first-order chi connectivity index (χ1) is 11.8. The Morgan fingerprint density at radius 3 is 2.46 bits per heavy atom. The number of rotatable bonds is 3. The van der Waals surface area contributed by atoms with E-state index in [0.29, 0.717) is 18.1 Å². The molecule has 24 heavy (non-hydrogen) atoms. The highest BCUT2D eigenvalue weighted by Crippen LogP contribution is 2.38. The van der Waals surface area contributed by atoms with Gasteiger partial charge in [0.1, 0.15) is 18.4 Å². The van der Waals surface area contributed by atoms with Gasteiger partial charge in [0.25, 0.3) is 0 Å². The van der Waals surface area contributed by atoms with Crippen LogP contribution in [0.25, 0.3) is 0 Å². The van der Waals surface area contributed by atoms with Gasteiger partial charge in [-0.1, -0.05) is 48.5 Å². The summed E-state index contributed by atoms with van der Waals surface area (Å²) >= 11 is 0. The molecular formula is C18H14N4O2. The zero-order valence-corrected chi connectivity index (χ0v) is 12.7. The summed E-state index contributed by atoms with van der Waals surface area (Å²) in [6.07, 6.45) is 3.21. The van der Waals surface area contributed by atoms with E-state index in [1.165, 1.54) is 12.7 Å². The van der Waals surface area contributed by atoms with E-state index in [2.05, 4.69) is 20.3 Å². The summed E-state index contributed by atoms with van der Waals surface area (Å²) in [5, 5.41) is 3.16. The molecule has 6 nitrogen and oxygen atoms in total. The lowest BCUT2D eigenvalue weighted by Crippen LogP contribution is -2.50. The molecule has 0 saturated carbocycles. The number of carbonyl (C=O) groups excluding carboxylic acids is 1. The molecular weight excluding hydrogens is 304 g/mol. The zero-order valence-electron chi connectivity index (χ0n) is 12.7. The van der Waals surface area contributed by atoms with E-state index in [1.807, 2.05) is 48.5 Å². The standard InChI is InChI=1S/C18H14N4O2/c23-16-18(14-7-2-1-3-8-14,22-17-20-11-19-12-21-17)10-13-6-4-5-9-15(13)24-16/h1-9,11-12H,10H2,(H,19,20,21,22). The van der Waals surface area contributed by atoms with Crippen LogP contribution in [0, 0.1) is 0 Å². The third kappa shape index (κ3) is 2.38. The number of fused-ring (bicyclic) bond motifs is 1. The monoisotopic (exact) mass is 318 g/mol. The Morgan fingerprint density at radius 1 is 0.958 bits per heavy atom. The first-order valence-electron chi connectivity index (χ1n) is 7.54. The normalized spacial score (nSPS) is 19.2. The van der Waals surface area contributed by atoms with Crippen molar-refractivity contribution >= 4 is 11.9 Å². The van der Waals surface area contributed by atoms with E-state index in [0.717, 1.165) is 11.1 Å². The first kappa shape index (κ1) is 14.3. The first-order valence-corrected chi connectivity index (χ1v) is 7.54. The molecule has 118 valence electrons. The smallest absolute Gasteiger partial charge is 0.342 e. The fourth-order valence-corrected chi connectivity index (χ4v) is 2.90. The molecule has 6 heteroatoms. The molecule has 0 radical (unpaired) electrons. The maximum absolute atomic E-state index is 12.9. The van der Waals surface area contributed by atoms with E-state index < -0.39 is 5.54 Å². The number of ether oxygens (including phenoxy) is 1. The molecule has 2 heterocycles. The molecule has 0 bridgehead atoms. The third-order valence-electron chi connectivity index (χ3n) is 4.06. The molecule has 0 amide bonds. The quantitative estimate of drug-likeness (QED) is 0.590. The molecule has 1 unspecified atom stereocenters. The summed E-state index contributed by atoms with van der Waals surface area (Å²) in [5.41, 5.74) is 0.657. The van der Waals surface area contributed by atoms with E-state index in [1.54, 1.807) is 6.07 Å². The maximum Gasteiger partial charge on any atom is 0.342 e. The second-order valence-corrected chi connectivity index (χ2v) is 5.53. The number of hydrogen-bond donors (Lipinski definition) is 1. The van der Waals surface area contributed by atoms with Crippen LogP contribution in [0.4, 0.5) is 5.95 Å². The predicted octanol–water partition coefficient (Wildman–Crippen LogP) is 2.34. The molecule has 2 aromatic carbocycles. The number of benzene rings is 2. The minimum atomic E-state index is -1.09. The number of aromatic nitrogens is 3. The van der Waals surface area contributed by atoms with Gasteiger partial charge in [0.05, 0.1) is 0 Å². The lowest BCUT2D eigenvalue weighted by atomic mass is 9.82. The Hall–Kier alpha value is -3.28. The van der Waals surface area contributed by atoms with Crippen LogP contribution >= 0.6 is 0 Å². The Balaban J connectivity index is 1.84. The van der Waals surface area contributed by atoms with Crippen molar-refractivity contribution in [3.05, 3.63) is 78.4 Å². The molecule has 1 aromatic heterocycles. The summed E-state index contributed by atoms with van der Waals surface area (Å²) in [6, 6.07) is 17.0. The Labute approximate surface area is 138 Å². The molecule has 0 fully saturated rings. The van der Waals surface area contributed by atoms with E-state index >= 15 is 0 Å². The van der Waals surface area contributed by atoms with Gasteiger partial charge in [0.15, 0.2) is 5.54 Å². The minimum Gasteiger partial charge on any atom is -0.424 e. The van der Waals surface area contributed by atoms with Gasteiger partial charge in [-0.05, 0) is 17.2 Å². The van der Waals surface area contributed by atoms with Gasteiger partial charge in [-0.15, -0.1) is 0 Å². The number of hydrogen-bond acceptors (Lipinski definition) is 6. The van der Waals surface area contributed by atoms with E-state index in [4.69, 9.17) is 4.74 Å². The molecule has 1 atom stereocenters. The molecule has 1 aliphatic rings. The highest BCUT2D eigenvalue weighted by molar-refractivity contribution is 5.89. The van der Waals surface area contributed by atoms with Crippen molar-refractivity contribution in [1.29, 1.82) is 0 Å². The number of anilines is 1. The van der Waals surface area contributed by atoms with Crippen molar-refractivity contribution in [2.24, 2.45) is 0 Å². The molecule has 1 N–H and O–H groups in total. The summed E-state index contributed by atoms with van der Waals surface area (Å²) < 4.78 is 5.60. The van der Waals surface area contributed by atoms with Crippen molar-refractivity contribution in [2.45, 2.75) is 12.0 Å². The summed E-state index contributed by atoms with van der Waals surface area (Å²) in [4.78, 5) is 24.9. The molecule has 0 saturated heterocycles. The van der Waals surface area contributed by atoms with Gasteiger partial charge in [-0.3, -0.25) is 0 Å². The van der Waals surface area contributed by atoms with Crippen LogP contribution in [0.5, 0.6) is 5.75 Å². The van der Waals surface area contributed by atoms with E-state index in [-0.39, 0.29) is 5.97 Å². The van der Waals surface area contributed by atoms with Crippen molar-refractivity contribution in [3.8, 4) is 5.75 Å². The number of nitrogens with zero attached hydrogens (tertiary/aromatic N) is 3. The fraction of sp³-hybridized carbons (Fsp3) is 0.111. The number of nitrogens with one attached hydrogen (secondary N) is 1. The van der Waals surface area contributed by atoms with Gasteiger partial charge in [0, 0.05) is 6.42 Å². The molecule has 4 rings (SSSR count). The van der Waals surface area contributed by atoms with Crippen LogP contribution in [-0.4, -0.2) is 20.9 Å². The van der Waals surface area contributed by atoms with Crippen LogP contribution in [0.2, 0.25) is 0 Å². The highest BCUT2D eigenvalue weighted by Gasteiger charge is 2.46. The van der Waals surface area contributed by atoms with Crippen molar-refractivity contribution in [3.63, 3.8) is 0 Å². The maximum atomic E-state index is 12.9. The second kappa shape index (κ2) is 5.73. The topological polar surface area (TPSA) is 77.0 Å². The summed E-state index contributed by atoms with van der Waals surface area (Å²) in [7, 11) is 0. The predicted molar refractivity (Wildman–Crippen MR) is 87.4 cm³/mol. The lowest BCUT2D eigenvalue weighted by Gasteiger charge is -2.36. The molecule has 0 aliphatic carbocycles. The Kier molecular flexibility index (Phi) is 3.42. The average Bonchev–Trinajstić information content (AvgIpc) is 2.64. The van der Waals surface area contributed by atoms with Gasteiger partial charge in [0.2, 0.25) is 5.95 Å². The van der Waals surface area contributed by atoms with Gasteiger partial charge in [-0.2, -0.15) is 0 Å². The van der Waals surface area contributed by atoms with Gasteiger partial charge >= 0.3 is 5.97 Å². The molecule has 3 aromatic rings. The second-order valence-electron chi connectivity index (χ2n) is 5.53.